The van der Waals surface area contributed by atoms with Gasteiger partial charge in [-0.3, -0.25) is 0 Å². The fourth-order valence-electron chi connectivity index (χ4n) is 2.31. The summed E-state index contributed by atoms with van der Waals surface area (Å²) < 4.78 is 3.16. The van der Waals surface area contributed by atoms with Gasteiger partial charge in [-0.1, -0.05) is 0 Å². The average molecular weight is 319 g/mol. The predicted octanol–water partition coefficient (Wildman–Crippen LogP) is 3.52. The molecular weight excluding hydrogens is 299 g/mol. The normalized spacial score (nSPS) is 11.4. The Hall–Kier alpha value is -0.652. The molecule has 0 aliphatic heterocycles. The van der Waals surface area contributed by atoms with Crippen molar-refractivity contribution in [2.75, 3.05) is 5.75 Å². The van der Waals surface area contributed by atoms with Crippen LogP contribution in [0.25, 0.3) is 0 Å². The Kier molecular flexibility index (Phi) is 4.97. The Morgan fingerprint density at radius 2 is 1.22 bits per heavy atom. The molecule has 0 radical (unpaired) electrons. The van der Waals surface area contributed by atoms with Crippen molar-refractivity contribution in [1.82, 2.24) is 0 Å². The minimum absolute atomic E-state index is 1.20. The van der Waals surface area contributed by atoms with Crippen molar-refractivity contribution >= 4 is 31.1 Å². The average Bonchev–Trinajstić information content (AvgIpc) is 2.47. The van der Waals surface area contributed by atoms with Crippen molar-refractivity contribution in [1.29, 1.82) is 0 Å². The summed E-state index contributed by atoms with van der Waals surface area (Å²) >= 11 is -2.01. The SMILES string of the molecule is CCS[As+](CC)(c1ccccc1)c1ccccc1. The molecule has 0 atom stereocenters. The summed E-state index contributed by atoms with van der Waals surface area (Å²) in [6.07, 6.45) is 0. The molecule has 0 aliphatic carbocycles. The maximum atomic E-state index is 2.36. The van der Waals surface area contributed by atoms with Crippen LogP contribution < -0.4 is 8.70 Å². The third kappa shape index (κ3) is 2.68. The van der Waals surface area contributed by atoms with Gasteiger partial charge in [0, 0.05) is 0 Å². The van der Waals surface area contributed by atoms with Gasteiger partial charge in [0.2, 0.25) is 0 Å². The number of rotatable bonds is 5. The molecule has 2 heteroatoms. The second kappa shape index (κ2) is 6.50. The van der Waals surface area contributed by atoms with Gasteiger partial charge >= 0.3 is 117 Å². The van der Waals surface area contributed by atoms with E-state index in [0.29, 0.717) is 0 Å². The Morgan fingerprint density at radius 3 is 1.56 bits per heavy atom. The molecule has 0 aromatic heterocycles. The van der Waals surface area contributed by atoms with Crippen LogP contribution in [0.3, 0.4) is 0 Å². The van der Waals surface area contributed by atoms with Gasteiger partial charge in [-0.2, -0.15) is 0 Å². The molecule has 0 saturated carbocycles. The van der Waals surface area contributed by atoms with E-state index in [9.17, 15) is 0 Å². The number of hydrogen-bond acceptors (Lipinski definition) is 1. The van der Waals surface area contributed by atoms with Crippen LogP contribution in [0.1, 0.15) is 13.8 Å². The molecule has 0 bridgehead atoms. The molecule has 0 fully saturated rings. The van der Waals surface area contributed by atoms with Crippen molar-refractivity contribution < 1.29 is 0 Å². The monoisotopic (exact) mass is 319 g/mol. The van der Waals surface area contributed by atoms with Crippen LogP contribution >= 0.6 is 10.0 Å². The molecule has 18 heavy (non-hydrogen) atoms. The first-order valence-electron chi connectivity index (χ1n) is 6.47. The van der Waals surface area contributed by atoms with Gasteiger partial charge in [0.1, 0.15) is 0 Å². The van der Waals surface area contributed by atoms with Crippen LogP contribution in [0.2, 0.25) is 5.21 Å². The molecule has 0 nitrogen and oxygen atoms in total. The topological polar surface area (TPSA) is 0 Å². The van der Waals surface area contributed by atoms with E-state index in [1.165, 1.54) is 11.0 Å². The Morgan fingerprint density at radius 1 is 0.778 bits per heavy atom. The number of hydrogen-bond donors (Lipinski definition) is 0. The van der Waals surface area contributed by atoms with Gasteiger partial charge in [-0.05, 0) is 0 Å². The second-order valence-corrected chi connectivity index (χ2v) is 16.4. The second-order valence-electron chi connectivity index (χ2n) is 4.14. The molecule has 94 valence electrons. The fourth-order valence-corrected chi connectivity index (χ4v) is 15.2. The molecule has 0 aliphatic rings. The van der Waals surface area contributed by atoms with Gasteiger partial charge in [0.25, 0.3) is 0 Å². The quantitative estimate of drug-likeness (QED) is 0.760. The first kappa shape index (κ1) is 13.8. The van der Waals surface area contributed by atoms with Crippen molar-refractivity contribution in [2.24, 2.45) is 0 Å². The van der Waals surface area contributed by atoms with E-state index in [2.05, 4.69) is 84.5 Å². The van der Waals surface area contributed by atoms with Crippen LogP contribution in [0.15, 0.2) is 60.7 Å². The van der Waals surface area contributed by atoms with E-state index in [-0.39, 0.29) is 0 Å². The van der Waals surface area contributed by atoms with Crippen molar-refractivity contribution in [3.8, 4) is 0 Å². The van der Waals surface area contributed by atoms with Gasteiger partial charge in [-0.25, -0.2) is 0 Å². The van der Waals surface area contributed by atoms with Crippen LogP contribution in [-0.4, -0.2) is 18.1 Å². The minimum atomic E-state index is -2.01. The van der Waals surface area contributed by atoms with Crippen molar-refractivity contribution in [3.63, 3.8) is 0 Å². The summed E-state index contributed by atoms with van der Waals surface area (Å²) in [7, 11) is 2.20. The summed E-state index contributed by atoms with van der Waals surface area (Å²) in [4.78, 5) is 0. The standard InChI is InChI=1S/C16H20AsS/c1-3-17(18-4-2,15-11-7-5-8-12-15)16-13-9-6-10-14-16/h5-14H,3-4H2,1-2H3/q+1. The first-order chi connectivity index (χ1) is 8.83. The summed E-state index contributed by atoms with van der Waals surface area (Å²) in [6, 6.07) is 22.3. The van der Waals surface area contributed by atoms with E-state index in [1.54, 1.807) is 8.70 Å². The van der Waals surface area contributed by atoms with Crippen LogP contribution in [0.5, 0.6) is 0 Å². The van der Waals surface area contributed by atoms with Crippen LogP contribution in [0, 0.1) is 0 Å². The van der Waals surface area contributed by atoms with Gasteiger partial charge < -0.3 is 0 Å². The molecule has 0 spiro atoms. The Balaban J connectivity index is 2.53. The summed E-state index contributed by atoms with van der Waals surface area (Å²) in [5, 5.41) is 1.28. The number of benzene rings is 2. The van der Waals surface area contributed by atoms with Gasteiger partial charge in [0.15, 0.2) is 0 Å². The van der Waals surface area contributed by atoms with Crippen molar-refractivity contribution in [3.05, 3.63) is 60.7 Å². The van der Waals surface area contributed by atoms with Gasteiger partial charge in [0.05, 0.1) is 0 Å². The third-order valence-electron chi connectivity index (χ3n) is 3.14. The zero-order chi connectivity index (χ0) is 12.8. The summed E-state index contributed by atoms with van der Waals surface area (Å²) in [5.41, 5.74) is 0. The Labute approximate surface area is 116 Å². The van der Waals surface area contributed by atoms with E-state index in [4.69, 9.17) is 0 Å². The summed E-state index contributed by atoms with van der Waals surface area (Å²) in [6.45, 7) is 4.64. The molecule has 0 heterocycles. The van der Waals surface area contributed by atoms with E-state index < -0.39 is 12.4 Å². The van der Waals surface area contributed by atoms with E-state index in [0.717, 1.165) is 0 Å². The predicted molar refractivity (Wildman–Crippen MR) is 86.5 cm³/mol. The van der Waals surface area contributed by atoms with E-state index in [1.807, 2.05) is 0 Å². The van der Waals surface area contributed by atoms with Gasteiger partial charge in [-0.15, -0.1) is 0 Å². The maximum absolute atomic E-state index is 2.36. The first-order valence-corrected chi connectivity index (χ1v) is 12.9. The van der Waals surface area contributed by atoms with Crippen molar-refractivity contribution in [2.45, 2.75) is 19.1 Å². The molecule has 0 unspecified atom stereocenters. The molecular formula is C16H20AsS+. The zero-order valence-corrected chi connectivity index (χ0v) is 13.7. The fraction of sp³-hybridized carbons (Fsp3) is 0.250. The molecule has 0 N–H and O–H groups in total. The molecule has 0 amide bonds. The van der Waals surface area contributed by atoms with E-state index >= 15 is 0 Å². The van der Waals surface area contributed by atoms with Crippen LogP contribution in [0.4, 0.5) is 0 Å². The Bertz CT molecular complexity index is 427. The molecule has 2 aromatic carbocycles. The third-order valence-corrected chi connectivity index (χ3v) is 18.4. The summed E-state index contributed by atoms with van der Waals surface area (Å²) in [5.74, 6) is 1.20. The van der Waals surface area contributed by atoms with Crippen LogP contribution in [-0.2, 0) is 0 Å². The molecule has 2 rings (SSSR count). The molecule has 2 aromatic rings. The molecule has 0 saturated heterocycles. The zero-order valence-electron chi connectivity index (χ0n) is 11.0.